The fourth-order valence-electron chi connectivity index (χ4n) is 3.24. The molecular weight excluding hydrogens is 344 g/mol. The van der Waals surface area contributed by atoms with E-state index in [0.29, 0.717) is 42.5 Å². The number of aromatic nitrogens is 4. The molecule has 8 heteroatoms. The Morgan fingerprint density at radius 3 is 2.74 bits per heavy atom. The van der Waals surface area contributed by atoms with E-state index in [1.807, 2.05) is 41.3 Å². The van der Waals surface area contributed by atoms with Gasteiger partial charge in [-0.15, -0.1) is 5.10 Å². The van der Waals surface area contributed by atoms with Crippen molar-refractivity contribution in [3.05, 3.63) is 54.0 Å². The summed E-state index contributed by atoms with van der Waals surface area (Å²) in [4.78, 5) is 21.5. The first-order valence-corrected chi connectivity index (χ1v) is 8.94. The zero-order valence-corrected chi connectivity index (χ0v) is 15.1. The summed E-state index contributed by atoms with van der Waals surface area (Å²) >= 11 is 0. The van der Waals surface area contributed by atoms with Gasteiger partial charge in [0.1, 0.15) is 0 Å². The summed E-state index contributed by atoms with van der Waals surface area (Å²) in [7, 11) is 0. The van der Waals surface area contributed by atoms with Crippen LogP contribution >= 0.6 is 0 Å². The van der Waals surface area contributed by atoms with E-state index in [0.717, 1.165) is 18.8 Å². The maximum atomic E-state index is 13.2. The van der Waals surface area contributed by atoms with E-state index in [4.69, 9.17) is 4.52 Å². The summed E-state index contributed by atoms with van der Waals surface area (Å²) < 4.78 is 5.27. The van der Waals surface area contributed by atoms with Crippen molar-refractivity contribution in [1.82, 2.24) is 25.2 Å². The predicted molar refractivity (Wildman–Crippen MR) is 99.2 cm³/mol. The molecule has 1 amide bonds. The SMILES string of the molecule is Cc1noc(-c2ccccc2C(=O)N2CCCN(c3cccnn3)CC2)n1. The van der Waals surface area contributed by atoms with Crippen LogP contribution in [0, 0.1) is 6.92 Å². The van der Waals surface area contributed by atoms with Gasteiger partial charge in [-0.3, -0.25) is 4.79 Å². The molecule has 0 radical (unpaired) electrons. The van der Waals surface area contributed by atoms with Crippen molar-refractivity contribution < 1.29 is 9.32 Å². The molecule has 0 atom stereocenters. The zero-order valence-electron chi connectivity index (χ0n) is 15.1. The van der Waals surface area contributed by atoms with Crippen molar-refractivity contribution >= 4 is 11.7 Å². The van der Waals surface area contributed by atoms with Gasteiger partial charge in [0.25, 0.3) is 11.8 Å². The van der Waals surface area contributed by atoms with E-state index in [1.165, 1.54) is 0 Å². The van der Waals surface area contributed by atoms with Crippen molar-refractivity contribution in [3.8, 4) is 11.5 Å². The Kier molecular flexibility index (Phi) is 4.78. The summed E-state index contributed by atoms with van der Waals surface area (Å²) in [5.74, 6) is 1.73. The van der Waals surface area contributed by atoms with Crippen molar-refractivity contribution in [3.63, 3.8) is 0 Å². The van der Waals surface area contributed by atoms with Crippen LogP contribution in [0.3, 0.4) is 0 Å². The molecule has 0 saturated carbocycles. The van der Waals surface area contributed by atoms with Gasteiger partial charge < -0.3 is 14.3 Å². The number of aryl methyl sites for hydroxylation is 1. The fourth-order valence-corrected chi connectivity index (χ4v) is 3.24. The molecule has 0 N–H and O–H groups in total. The van der Waals surface area contributed by atoms with E-state index in [9.17, 15) is 4.79 Å². The molecule has 1 aliphatic heterocycles. The van der Waals surface area contributed by atoms with E-state index in [1.54, 1.807) is 13.1 Å². The lowest BCUT2D eigenvalue weighted by Crippen LogP contribution is -2.35. The smallest absolute Gasteiger partial charge is 0.258 e. The van der Waals surface area contributed by atoms with Crippen LogP contribution in [-0.4, -0.2) is 57.3 Å². The Labute approximate surface area is 156 Å². The number of carbonyl (C=O) groups is 1. The standard InChI is InChI=1S/C19H20N6O2/c1-14-21-18(27-23-14)15-6-2-3-7-16(15)19(26)25-11-5-10-24(12-13-25)17-8-4-9-20-22-17/h2-4,6-9H,5,10-13H2,1H3. The van der Waals surface area contributed by atoms with Crippen LogP contribution in [0.25, 0.3) is 11.5 Å². The van der Waals surface area contributed by atoms with Crippen LogP contribution in [0.2, 0.25) is 0 Å². The minimum atomic E-state index is -0.0255. The molecule has 1 saturated heterocycles. The molecule has 3 heterocycles. The highest BCUT2D eigenvalue weighted by Gasteiger charge is 2.24. The number of benzene rings is 1. The van der Waals surface area contributed by atoms with Gasteiger partial charge in [-0.1, -0.05) is 17.3 Å². The molecular formula is C19H20N6O2. The van der Waals surface area contributed by atoms with Gasteiger partial charge in [0.2, 0.25) is 0 Å². The second-order valence-corrected chi connectivity index (χ2v) is 6.41. The van der Waals surface area contributed by atoms with Crippen molar-refractivity contribution in [2.45, 2.75) is 13.3 Å². The Balaban J connectivity index is 1.54. The van der Waals surface area contributed by atoms with Gasteiger partial charge in [-0.25, -0.2) is 0 Å². The Morgan fingerprint density at radius 1 is 1.07 bits per heavy atom. The number of rotatable bonds is 3. The van der Waals surface area contributed by atoms with Crippen molar-refractivity contribution in [1.29, 1.82) is 0 Å². The normalized spacial score (nSPS) is 14.9. The maximum Gasteiger partial charge on any atom is 0.258 e. The number of nitrogens with zero attached hydrogens (tertiary/aromatic N) is 6. The van der Waals surface area contributed by atoms with Gasteiger partial charge in [0.15, 0.2) is 11.6 Å². The topological polar surface area (TPSA) is 88.3 Å². The lowest BCUT2D eigenvalue weighted by Gasteiger charge is -2.23. The fraction of sp³-hybridized carbons (Fsp3) is 0.316. The van der Waals surface area contributed by atoms with Gasteiger partial charge in [0.05, 0.1) is 11.1 Å². The molecule has 0 unspecified atom stereocenters. The molecule has 0 aliphatic carbocycles. The number of hydrogen-bond acceptors (Lipinski definition) is 7. The van der Waals surface area contributed by atoms with Gasteiger partial charge >= 0.3 is 0 Å². The first-order valence-electron chi connectivity index (χ1n) is 8.94. The summed E-state index contributed by atoms with van der Waals surface area (Å²) in [6.07, 6.45) is 2.53. The van der Waals surface area contributed by atoms with E-state index >= 15 is 0 Å². The molecule has 138 valence electrons. The monoisotopic (exact) mass is 364 g/mol. The molecule has 0 bridgehead atoms. The Morgan fingerprint density at radius 2 is 1.96 bits per heavy atom. The molecule has 3 aromatic rings. The van der Waals surface area contributed by atoms with Crippen LogP contribution in [0.5, 0.6) is 0 Å². The highest BCUT2D eigenvalue weighted by Crippen LogP contribution is 2.24. The van der Waals surface area contributed by atoms with Crippen LogP contribution < -0.4 is 4.90 Å². The third-order valence-corrected chi connectivity index (χ3v) is 4.58. The van der Waals surface area contributed by atoms with E-state index in [-0.39, 0.29) is 5.91 Å². The van der Waals surface area contributed by atoms with Gasteiger partial charge in [-0.05, 0) is 37.6 Å². The first-order chi connectivity index (χ1) is 13.2. The third-order valence-electron chi connectivity index (χ3n) is 4.58. The lowest BCUT2D eigenvalue weighted by molar-refractivity contribution is 0.0767. The van der Waals surface area contributed by atoms with Gasteiger partial charge in [0, 0.05) is 32.4 Å². The van der Waals surface area contributed by atoms with Crippen LogP contribution in [0.4, 0.5) is 5.82 Å². The largest absolute Gasteiger partial charge is 0.353 e. The quantitative estimate of drug-likeness (QED) is 0.704. The molecule has 1 fully saturated rings. The number of hydrogen-bond donors (Lipinski definition) is 0. The summed E-state index contributed by atoms with van der Waals surface area (Å²) in [6.45, 7) is 4.62. The number of carbonyl (C=O) groups excluding carboxylic acids is 1. The predicted octanol–water partition coefficient (Wildman–Crippen LogP) is 2.19. The average molecular weight is 364 g/mol. The summed E-state index contributed by atoms with van der Waals surface area (Å²) in [5, 5.41) is 12.0. The highest BCUT2D eigenvalue weighted by atomic mass is 16.5. The minimum absolute atomic E-state index is 0.0255. The second kappa shape index (κ2) is 7.53. The highest BCUT2D eigenvalue weighted by molar-refractivity contribution is 6.00. The molecule has 4 rings (SSSR count). The van der Waals surface area contributed by atoms with Gasteiger partial charge in [-0.2, -0.15) is 10.1 Å². The zero-order chi connectivity index (χ0) is 18.6. The number of anilines is 1. The van der Waals surface area contributed by atoms with Crippen LogP contribution in [-0.2, 0) is 0 Å². The summed E-state index contributed by atoms with van der Waals surface area (Å²) in [6, 6.07) is 11.2. The minimum Gasteiger partial charge on any atom is -0.353 e. The second-order valence-electron chi connectivity index (χ2n) is 6.41. The van der Waals surface area contributed by atoms with E-state index < -0.39 is 0 Å². The molecule has 27 heavy (non-hydrogen) atoms. The average Bonchev–Trinajstić information content (AvgIpc) is 3.00. The Hall–Kier alpha value is -3.29. The molecule has 8 nitrogen and oxygen atoms in total. The van der Waals surface area contributed by atoms with E-state index in [2.05, 4.69) is 25.2 Å². The van der Waals surface area contributed by atoms with Crippen LogP contribution in [0.15, 0.2) is 47.1 Å². The van der Waals surface area contributed by atoms with Crippen molar-refractivity contribution in [2.24, 2.45) is 0 Å². The van der Waals surface area contributed by atoms with Crippen molar-refractivity contribution in [2.75, 3.05) is 31.1 Å². The molecule has 1 aliphatic rings. The first kappa shape index (κ1) is 17.1. The molecule has 0 spiro atoms. The molecule has 1 aromatic carbocycles. The summed E-state index contributed by atoms with van der Waals surface area (Å²) in [5.41, 5.74) is 1.24. The molecule has 2 aromatic heterocycles. The Bertz CT molecular complexity index is 927. The lowest BCUT2D eigenvalue weighted by atomic mass is 10.1. The third kappa shape index (κ3) is 3.64. The number of amides is 1. The maximum absolute atomic E-state index is 13.2. The van der Waals surface area contributed by atoms with Crippen LogP contribution in [0.1, 0.15) is 22.6 Å².